The van der Waals surface area contributed by atoms with Crippen LogP contribution >= 0.6 is 0 Å². The zero-order valence-corrected chi connectivity index (χ0v) is 11.8. The van der Waals surface area contributed by atoms with Gasteiger partial charge in [0, 0.05) is 19.2 Å². The lowest BCUT2D eigenvalue weighted by Gasteiger charge is -2.22. The number of ether oxygens (including phenoxy) is 2. The molecule has 1 aromatic heterocycles. The molecule has 1 aliphatic heterocycles. The van der Waals surface area contributed by atoms with E-state index in [1.54, 1.807) is 0 Å². The van der Waals surface area contributed by atoms with Crippen molar-refractivity contribution in [3.05, 3.63) is 11.9 Å². The van der Waals surface area contributed by atoms with Gasteiger partial charge in [0.1, 0.15) is 11.6 Å². The Kier molecular flexibility index (Phi) is 5.39. The van der Waals surface area contributed by atoms with Crippen LogP contribution < -0.4 is 10.1 Å². The van der Waals surface area contributed by atoms with Crippen LogP contribution in [-0.2, 0) is 4.74 Å². The predicted molar refractivity (Wildman–Crippen MR) is 74.6 cm³/mol. The molecular weight excluding hydrogens is 242 g/mol. The molecule has 0 saturated carbocycles. The van der Waals surface area contributed by atoms with Crippen molar-refractivity contribution in [3.63, 3.8) is 0 Å². The summed E-state index contributed by atoms with van der Waals surface area (Å²) in [6, 6.07) is 1.85. The molecule has 106 valence electrons. The Hall–Kier alpha value is -1.36. The molecule has 0 aromatic carbocycles. The molecule has 2 heterocycles. The van der Waals surface area contributed by atoms with E-state index in [1.165, 1.54) is 19.3 Å². The monoisotopic (exact) mass is 265 g/mol. The number of aromatic nitrogens is 2. The van der Waals surface area contributed by atoms with E-state index >= 15 is 0 Å². The largest absolute Gasteiger partial charge is 0.478 e. The van der Waals surface area contributed by atoms with E-state index in [4.69, 9.17) is 9.47 Å². The van der Waals surface area contributed by atoms with Crippen molar-refractivity contribution in [3.8, 4) is 5.88 Å². The molecule has 1 fully saturated rings. The summed E-state index contributed by atoms with van der Waals surface area (Å²) in [5, 5.41) is 3.32. The highest BCUT2D eigenvalue weighted by Gasteiger charge is 2.13. The quantitative estimate of drug-likeness (QED) is 0.856. The van der Waals surface area contributed by atoms with E-state index in [0.717, 1.165) is 31.2 Å². The molecule has 0 aliphatic carbocycles. The number of nitrogens with zero attached hydrogens (tertiary/aromatic N) is 2. The van der Waals surface area contributed by atoms with Gasteiger partial charge in [0.25, 0.3) is 0 Å². The van der Waals surface area contributed by atoms with Crippen molar-refractivity contribution in [2.24, 2.45) is 0 Å². The highest BCUT2D eigenvalue weighted by Crippen LogP contribution is 2.17. The average Bonchev–Trinajstić information content (AvgIpc) is 2.40. The first-order chi connectivity index (χ1) is 9.28. The summed E-state index contributed by atoms with van der Waals surface area (Å²) in [5.74, 6) is 2.18. The second-order valence-electron chi connectivity index (χ2n) is 4.78. The number of aryl methyl sites for hydroxylation is 1. The molecule has 1 saturated heterocycles. The Balaban J connectivity index is 1.81. The van der Waals surface area contributed by atoms with E-state index in [0.29, 0.717) is 18.6 Å². The number of anilines is 1. The van der Waals surface area contributed by atoms with Crippen LogP contribution in [0, 0.1) is 6.92 Å². The lowest BCUT2D eigenvalue weighted by atomic mass is 10.1. The summed E-state index contributed by atoms with van der Waals surface area (Å²) in [7, 11) is 0. The van der Waals surface area contributed by atoms with Crippen LogP contribution in [0.5, 0.6) is 5.88 Å². The highest BCUT2D eigenvalue weighted by molar-refractivity contribution is 5.38. The van der Waals surface area contributed by atoms with Gasteiger partial charge >= 0.3 is 0 Å². The van der Waals surface area contributed by atoms with Crippen LogP contribution in [0.4, 0.5) is 5.82 Å². The highest BCUT2D eigenvalue weighted by atomic mass is 16.5. The van der Waals surface area contributed by atoms with Gasteiger partial charge in [0.15, 0.2) is 0 Å². The summed E-state index contributed by atoms with van der Waals surface area (Å²) in [6.07, 6.45) is 5.08. The van der Waals surface area contributed by atoms with E-state index in [9.17, 15) is 0 Å². The molecule has 0 bridgehead atoms. The second-order valence-corrected chi connectivity index (χ2v) is 4.78. The van der Waals surface area contributed by atoms with Crippen molar-refractivity contribution in [1.29, 1.82) is 0 Å². The zero-order valence-electron chi connectivity index (χ0n) is 11.8. The van der Waals surface area contributed by atoms with Crippen molar-refractivity contribution in [1.82, 2.24) is 9.97 Å². The molecule has 2 rings (SSSR count). The van der Waals surface area contributed by atoms with Gasteiger partial charge in [-0.2, -0.15) is 4.98 Å². The topological polar surface area (TPSA) is 56.3 Å². The van der Waals surface area contributed by atoms with Gasteiger partial charge in [-0.05, 0) is 39.5 Å². The summed E-state index contributed by atoms with van der Waals surface area (Å²) in [6.45, 7) is 6.22. The molecule has 19 heavy (non-hydrogen) atoms. The smallest absolute Gasteiger partial charge is 0.218 e. The first kappa shape index (κ1) is 14.1. The summed E-state index contributed by atoms with van der Waals surface area (Å²) in [4.78, 5) is 8.58. The Labute approximate surface area is 114 Å². The minimum atomic E-state index is 0.399. The van der Waals surface area contributed by atoms with Crippen molar-refractivity contribution in [2.45, 2.75) is 45.6 Å². The molecule has 1 unspecified atom stereocenters. The van der Waals surface area contributed by atoms with Crippen LogP contribution in [0.25, 0.3) is 0 Å². The van der Waals surface area contributed by atoms with Crippen LogP contribution in [0.2, 0.25) is 0 Å². The van der Waals surface area contributed by atoms with Crippen LogP contribution in [-0.4, -0.2) is 35.8 Å². The van der Waals surface area contributed by atoms with Gasteiger partial charge in [0.05, 0.1) is 12.7 Å². The van der Waals surface area contributed by atoms with E-state index in [2.05, 4.69) is 15.3 Å². The van der Waals surface area contributed by atoms with Gasteiger partial charge < -0.3 is 14.8 Å². The molecule has 0 amide bonds. The van der Waals surface area contributed by atoms with E-state index in [1.807, 2.05) is 19.9 Å². The molecule has 1 N–H and O–H groups in total. The molecule has 5 heteroatoms. The van der Waals surface area contributed by atoms with Crippen LogP contribution in [0.1, 0.15) is 38.4 Å². The van der Waals surface area contributed by atoms with E-state index in [-0.39, 0.29) is 0 Å². The van der Waals surface area contributed by atoms with Crippen LogP contribution in [0.15, 0.2) is 6.07 Å². The minimum Gasteiger partial charge on any atom is -0.478 e. The molecule has 0 radical (unpaired) electrons. The Morgan fingerprint density at radius 1 is 1.42 bits per heavy atom. The molecule has 0 spiro atoms. The first-order valence-corrected chi connectivity index (χ1v) is 7.12. The number of rotatable bonds is 6. The van der Waals surface area contributed by atoms with Crippen molar-refractivity contribution < 1.29 is 9.47 Å². The number of nitrogens with one attached hydrogen (secondary N) is 1. The second kappa shape index (κ2) is 7.28. The molecular formula is C14H23N3O2. The normalized spacial score (nSPS) is 19.2. The zero-order chi connectivity index (χ0) is 13.5. The fraction of sp³-hybridized carbons (Fsp3) is 0.714. The lowest BCUT2D eigenvalue weighted by Crippen LogP contribution is -2.22. The van der Waals surface area contributed by atoms with Gasteiger partial charge in [-0.25, -0.2) is 4.98 Å². The standard InChI is InChI=1S/C14H23N3O2/c1-3-18-14-10-13(16-11(2)17-14)15-8-7-12-6-4-5-9-19-12/h10,12H,3-9H2,1-2H3,(H,15,16,17). The van der Waals surface area contributed by atoms with Crippen molar-refractivity contribution in [2.75, 3.05) is 25.1 Å². The minimum absolute atomic E-state index is 0.399. The maximum atomic E-state index is 5.70. The maximum Gasteiger partial charge on any atom is 0.218 e. The lowest BCUT2D eigenvalue weighted by molar-refractivity contribution is 0.0134. The average molecular weight is 265 g/mol. The Morgan fingerprint density at radius 3 is 3.05 bits per heavy atom. The van der Waals surface area contributed by atoms with E-state index < -0.39 is 0 Å². The van der Waals surface area contributed by atoms with Gasteiger partial charge in [-0.15, -0.1) is 0 Å². The molecule has 5 nitrogen and oxygen atoms in total. The van der Waals surface area contributed by atoms with Gasteiger partial charge in [0.2, 0.25) is 5.88 Å². The molecule has 1 aromatic rings. The molecule has 1 aliphatic rings. The maximum absolute atomic E-state index is 5.70. The Morgan fingerprint density at radius 2 is 2.32 bits per heavy atom. The van der Waals surface area contributed by atoms with Crippen LogP contribution in [0.3, 0.4) is 0 Å². The summed E-state index contributed by atoms with van der Waals surface area (Å²) < 4.78 is 11.1. The third-order valence-corrected chi connectivity index (χ3v) is 3.15. The van der Waals surface area contributed by atoms with Gasteiger partial charge in [-0.3, -0.25) is 0 Å². The predicted octanol–water partition coefficient (Wildman–Crippen LogP) is 2.55. The SMILES string of the molecule is CCOc1cc(NCCC2CCCCO2)nc(C)n1. The fourth-order valence-electron chi connectivity index (χ4n) is 2.25. The number of hydrogen-bond donors (Lipinski definition) is 1. The first-order valence-electron chi connectivity index (χ1n) is 7.12. The summed E-state index contributed by atoms with van der Waals surface area (Å²) in [5.41, 5.74) is 0. The summed E-state index contributed by atoms with van der Waals surface area (Å²) >= 11 is 0. The van der Waals surface area contributed by atoms with Gasteiger partial charge in [-0.1, -0.05) is 0 Å². The molecule has 1 atom stereocenters. The number of hydrogen-bond acceptors (Lipinski definition) is 5. The Bertz CT molecular complexity index is 392. The third-order valence-electron chi connectivity index (χ3n) is 3.15. The third kappa shape index (κ3) is 4.67. The van der Waals surface area contributed by atoms with Crippen molar-refractivity contribution >= 4 is 5.82 Å². The fourth-order valence-corrected chi connectivity index (χ4v) is 2.25.